The number of hydrogen-bond acceptors (Lipinski definition) is 4. The van der Waals surface area contributed by atoms with Crippen molar-refractivity contribution in [2.45, 2.75) is 37.1 Å². The summed E-state index contributed by atoms with van der Waals surface area (Å²) >= 11 is 0. The average molecular weight is 346 g/mol. The molecule has 0 amide bonds. The lowest BCUT2D eigenvalue weighted by atomic mass is 9.83. The number of pyridine rings is 1. The smallest absolute Gasteiger partial charge is 0.261 e. The number of rotatable bonds is 6. The minimum absolute atomic E-state index is 0.0454. The molecule has 1 aromatic carbocycles. The van der Waals surface area contributed by atoms with E-state index in [2.05, 4.69) is 21.8 Å². The number of nitrogens with zero attached hydrogens (tertiary/aromatic N) is 1. The molecule has 0 fully saturated rings. The second kappa shape index (κ2) is 7.32. The number of fused-ring (bicyclic) bond motifs is 1. The Hall–Kier alpha value is -1.92. The van der Waals surface area contributed by atoms with Crippen molar-refractivity contribution in [1.29, 1.82) is 0 Å². The van der Waals surface area contributed by atoms with Crippen molar-refractivity contribution in [2.75, 3.05) is 13.2 Å². The first-order chi connectivity index (χ1) is 11.6. The van der Waals surface area contributed by atoms with Gasteiger partial charge in [0.15, 0.2) is 5.75 Å². The maximum atomic E-state index is 12.6. The molecule has 1 N–H and O–H groups in total. The Morgan fingerprint density at radius 2 is 2.08 bits per heavy atom. The third-order valence-corrected chi connectivity index (χ3v) is 5.67. The van der Waals surface area contributed by atoms with Gasteiger partial charge in [-0.1, -0.05) is 24.3 Å². The first kappa shape index (κ1) is 16.9. The van der Waals surface area contributed by atoms with E-state index < -0.39 is 10.0 Å². The van der Waals surface area contributed by atoms with Crippen LogP contribution in [0.4, 0.5) is 0 Å². The standard InChI is InChI=1S/C18H22N2O3S/c1-2-23-17-11-6-12-19-18(17)24(21,22)20-13-15-9-5-8-14-7-3-4-10-16(14)15/h3-4,6-7,10-12,15,20H,2,5,8-9,13H2,1H3. The van der Waals surface area contributed by atoms with Gasteiger partial charge in [-0.2, -0.15) is 0 Å². The zero-order chi connectivity index (χ0) is 17.0. The van der Waals surface area contributed by atoms with Crippen molar-refractivity contribution >= 4 is 10.0 Å². The Kier molecular flexibility index (Phi) is 5.16. The molecule has 3 rings (SSSR count). The molecule has 1 aliphatic rings. The summed E-state index contributed by atoms with van der Waals surface area (Å²) in [7, 11) is -3.70. The second-order valence-electron chi connectivity index (χ2n) is 5.88. The molecule has 24 heavy (non-hydrogen) atoms. The van der Waals surface area contributed by atoms with Crippen molar-refractivity contribution in [1.82, 2.24) is 9.71 Å². The summed E-state index contributed by atoms with van der Waals surface area (Å²) in [6, 6.07) is 11.6. The Morgan fingerprint density at radius 1 is 1.25 bits per heavy atom. The van der Waals surface area contributed by atoms with E-state index in [0.29, 0.717) is 13.2 Å². The largest absolute Gasteiger partial charge is 0.491 e. The molecule has 1 atom stereocenters. The Labute approximate surface area is 143 Å². The number of hydrogen-bond donors (Lipinski definition) is 1. The number of nitrogens with one attached hydrogen (secondary N) is 1. The molecule has 0 aliphatic heterocycles. The Morgan fingerprint density at radius 3 is 2.92 bits per heavy atom. The lowest BCUT2D eigenvalue weighted by Crippen LogP contribution is -2.31. The molecule has 2 aromatic rings. The molecule has 0 bridgehead atoms. The lowest BCUT2D eigenvalue weighted by molar-refractivity contribution is 0.327. The summed E-state index contributed by atoms with van der Waals surface area (Å²) in [4.78, 5) is 4.00. The lowest BCUT2D eigenvalue weighted by Gasteiger charge is -2.25. The highest BCUT2D eigenvalue weighted by Crippen LogP contribution is 2.31. The van der Waals surface area contributed by atoms with E-state index >= 15 is 0 Å². The molecule has 1 heterocycles. The normalized spacial score (nSPS) is 17.3. The predicted octanol–water partition coefficient (Wildman–Crippen LogP) is 2.88. The van der Waals surface area contributed by atoms with Crippen LogP contribution in [0.5, 0.6) is 5.75 Å². The van der Waals surface area contributed by atoms with Crippen LogP contribution in [-0.2, 0) is 16.4 Å². The number of sulfonamides is 1. The van der Waals surface area contributed by atoms with E-state index in [9.17, 15) is 8.42 Å². The van der Waals surface area contributed by atoms with E-state index in [-0.39, 0.29) is 16.7 Å². The van der Waals surface area contributed by atoms with Gasteiger partial charge in [-0.25, -0.2) is 18.1 Å². The molecule has 1 unspecified atom stereocenters. The molecule has 0 saturated carbocycles. The van der Waals surface area contributed by atoms with E-state index in [1.807, 2.05) is 19.1 Å². The summed E-state index contributed by atoms with van der Waals surface area (Å²) in [6.45, 7) is 2.58. The number of ether oxygens (including phenoxy) is 1. The van der Waals surface area contributed by atoms with Gasteiger partial charge in [0, 0.05) is 12.7 Å². The predicted molar refractivity (Wildman–Crippen MR) is 92.7 cm³/mol. The number of aryl methyl sites for hydroxylation is 1. The second-order valence-corrected chi connectivity index (χ2v) is 7.56. The maximum absolute atomic E-state index is 12.6. The van der Waals surface area contributed by atoms with Gasteiger partial charge in [0.05, 0.1) is 6.61 Å². The van der Waals surface area contributed by atoms with Gasteiger partial charge in [0.25, 0.3) is 10.0 Å². The van der Waals surface area contributed by atoms with Crippen molar-refractivity contribution < 1.29 is 13.2 Å². The summed E-state index contributed by atoms with van der Waals surface area (Å²) in [5, 5.41) is -0.0454. The minimum atomic E-state index is -3.70. The van der Waals surface area contributed by atoms with Crippen LogP contribution in [0, 0.1) is 0 Å². The van der Waals surface area contributed by atoms with Crippen LogP contribution in [0.15, 0.2) is 47.6 Å². The van der Waals surface area contributed by atoms with Crippen LogP contribution in [0.2, 0.25) is 0 Å². The molecule has 0 radical (unpaired) electrons. The molecule has 0 saturated heterocycles. The quantitative estimate of drug-likeness (QED) is 0.873. The van der Waals surface area contributed by atoms with Crippen LogP contribution >= 0.6 is 0 Å². The first-order valence-electron chi connectivity index (χ1n) is 8.27. The van der Waals surface area contributed by atoms with Gasteiger partial charge in [0.2, 0.25) is 5.03 Å². The van der Waals surface area contributed by atoms with Crippen molar-refractivity contribution in [3.05, 3.63) is 53.7 Å². The zero-order valence-corrected chi connectivity index (χ0v) is 14.6. The number of benzene rings is 1. The zero-order valence-electron chi connectivity index (χ0n) is 13.7. The molecular formula is C18H22N2O3S. The van der Waals surface area contributed by atoms with Gasteiger partial charge >= 0.3 is 0 Å². The highest BCUT2D eigenvalue weighted by molar-refractivity contribution is 7.89. The molecule has 6 heteroatoms. The fourth-order valence-electron chi connectivity index (χ4n) is 3.19. The van der Waals surface area contributed by atoms with Gasteiger partial charge in [0.1, 0.15) is 0 Å². The van der Waals surface area contributed by atoms with E-state index in [1.165, 1.54) is 17.3 Å². The summed E-state index contributed by atoms with van der Waals surface area (Å²) in [5.41, 5.74) is 2.57. The molecular weight excluding hydrogens is 324 g/mol. The van der Waals surface area contributed by atoms with Crippen LogP contribution < -0.4 is 9.46 Å². The Balaban J connectivity index is 1.77. The topological polar surface area (TPSA) is 68.3 Å². The molecule has 5 nitrogen and oxygen atoms in total. The van der Waals surface area contributed by atoms with Crippen molar-refractivity contribution in [2.24, 2.45) is 0 Å². The van der Waals surface area contributed by atoms with Gasteiger partial charge < -0.3 is 4.74 Å². The Bertz CT molecular complexity index is 805. The van der Waals surface area contributed by atoms with E-state index in [1.54, 1.807) is 12.1 Å². The maximum Gasteiger partial charge on any atom is 0.261 e. The first-order valence-corrected chi connectivity index (χ1v) is 9.75. The van der Waals surface area contributed by atoms with Crippen molar-refractivity contribution in [3.63, 3.8) is 0 Å². The van der Waals surface area contributed by atoms with Crippen LogP contribution in [0.1, 0.15) is 36.8 Å². The summed E-state index contributed by atoms with van der Waals surface area (Å²) in [5.74, 6) is 0.487. The van der Waals surface area contributed by atoms with Crippen molar-refractivity contribution in [3.8, 4) is 5.75 Å². The van der Waals surface area contributed by atoms with E-state index in [4.69, 9.17) is 4.74 Å². The third-order valence-electron chi connectivity index (χ3n) is 4.30. The minimum Gasteiger partial charge on any atom is -0.491 e. The van der Waals surface area contributed by atoms with E-state index in [0.717, 1.165) is 19.3 Å². The molecule has 1 aromatic heterocycles. The monoisotopic (exact) mass is 346 g/mol. The van der Waals surface area contributed by atoms with Gasteiger partial charge in [-0.3, -0.25) is 0 Å². The SMILES string of the molecule is CCOc1cccnc1S(=O)(=O)NCC1CCCc2ccccc21. The summed E-state index contributed by atoms with van der Waals surface area (Å²) < 4.78 is 33.4. The number of aromatic nitrogens is 1. The molecule has 128 valence electrons. The van der Waals surface area contributed by atoms with Crippen LogP contribution in [0.3, 0.4) is 0 Å². The highest BCUT2D eigenvalue weighted by Gasteiger charge is 2.25. The highest BCUT2D eigenvalue weighted by atomic mass is 32.2. The van der Waals surface area contributed by atoms with Gasteiger partial charge in [-0.05, 0) is 55.4 Å². The van der Waals surface area contributed by atoms with Crippen LogP contribution in [0.25, 0.3) is 0 Å². The fraction of sp³-hybridized carbons (Fsp3) is 0.389. The summed E-state index contributed by atoms with van der Waals surface area (Å²) in [6.07, 6.45) is 4.60. The molecule has 0 spiro atoms. The fourth-order valence-corrected chi connectivity index (χ4v) is 4.34. The average Bonchev–Trinajstić information content (AvgIpc) is 2.60. The van der Waals surface area contributed by atoms with Gasteiger partial charge in [-0.15, -0.1) is 0 Å². The van der Waals surface area contributed by atoms with Crippen LogP contribution in [-0.4, -0.2) is 26.6 Å². The third kappa shape index (κ3) is 3.60. The molecule has 1 aliphatic carbocycles.